The number of sulfonamides is 1. The Bertz CT molecular complexity index is 836. The lowest BCUT2D eigenvalue weighted by molar-refractivity contribution is -0.0384. The van der Waals surface area contributed by atoms with Crippen molar-refractivity contribution in [2.24, 2.45) is 0 Å². The highest BCUT2D eigenvalue weighted by atomic mass is 35.5. The molecule has 124 valence electrons. The molecule has 0 saturated heterocycles. The largest absolute Gasteiger partial charge is 0.475 e. The van der Waals surface area contributed by atoms with E-state index < -0.39 is 31.2 Å². The summed E-state index contributed by atoms with van der Waals surface area (Å²) in [6.45, 7) is 0. The van der Waals surface area contributed by atoms with Crippen LogP contribution in [0.2, 0.25) is 5.02 Å². The number of hydrogen-bond acceptors (Lipinski definition) is 3. The van der Waals surface area contributed by atoms with Crippen LogP contribution in [0.15, 0.2) is 58.3 Å². The van der Waals surface area contributed by atoms with E-state index in [1.54, 1.807) is 0 Å². The lowest BCUT2D eigenvalue weighted by Crippen LogP contribution is -2.16. The lowest BCUT2D eigenvalue weighted by atomic mass is 10.3. The summed E-state index contributed by atoms with van der Waals surface area (Å²) < 4.78 is 74.6. The summed E-state index contributed by atoms with van der Waals surface area (Å²) in [7, 11) is -7.10. The Balaban J connectivity index is 2.23. The van der Waals surface area contributed by atoms with Crippen molar-refractivity contribution >= 4 is 38.1 Å². The van der Waals surface area contributed by atoms with Gasteiger partial charge in [0.15, 0.2) is 10.8 Å². The molecule has 4 nitrogen and oxygen atoms in total. The van der Waals surface area contributed by atoms with Crippen molar-refractivity contribution in [2.45, 2.75) is 15.3 Å². The van der Waals surface area contributed by atoms with Crippen molar-refractivity contribution in [1.82, 2.24) is 0 Å². The molecule has 0 aliphatic rings. The van der Waals surface area contributed by atoms with Crippen LogP contribution in [0.25, 0.3) is 0 Å². The summed E-state index contributed by atoms with van der Waals surface area (Å²) in [4.78, 5) is -0.559. The van der Waals surface area contributed by atoms with Crippen molar-refractivity contribution in [2.75, 3.05) is 4.72 Å². The van der Waals surface area contributed by atoms with Gasteiger partial charge < -0.3 is 0 Å². The molecule has 0 aliphatic carbocycles. The van der Waals surface area contributed by atoms with Crippen LogP contribution in [0.4, 0.5) is 18.9 Å². The standard InChI is InChI=1S/C13H9ClF3NO3S2/c14-9-2-1-3-12(8-9)23(20,21)18-10-4-6-11(7-5-10)22(19)13(15,16)17/h1-8,18H. The Kier molecular flexibility index (Phi) is 5.02. The monoisotopic (exact) mass is 383 g/mol. The molecule has 10 heteroatoms. The van der Waals surface area contributed by atoms with Gasteiger partial charge in [-0.2, -0.15) is 13.2 Å². The lowest BCUT2D eigenvalue weighted by Gasteiger charge is -2.10. The molecule has 1 N–H and O–H groups in total. The summed E-state index contributed by atoms with van der Waals surface area (Å²) >= 11 is 5.72. The first-order valence-corrected chi connectivity index (χ1v) is 8.98. The molecule has 0 aliphatic heterocycles. The molecule has 0 aromatic heterocycles. The second-order valence-electron chi connectivity index (χ2n) is 4.30. The number of halogens is 4. The first kappa shape index (κ1) is 17.8. The third kappa shape index (κ3) is 4.46. The van der Waals surface area contributed by atoms with Gasteiger partial charge in [-0.05, 0) is 42.5 Å². The maximum absolute atomic E-state index is 12.3. The molecule has 0 radical (unpaired) electrons. The van der Waals surface area contributed by atoms with Crippen LogP contribution in [-0.4, -0.2) is 18.1 Å². The van der Waals surface area contributed by atoms with Crippen LogP contribution in [0.5, 0.6) is 0 Å². The number of rotatable bonds is 4. The van der Waals surface area contributed by atoms with Crippen molar-refractivity contribution in [1.29, 1.82) is 0 Å². The molecule has 1 atom stereocenters. The average molecular weight is 384 g/mol. The Labute approximate surface area is 137 Å². The minimum absolute atomic E-state index is 0.0351. The zero-order chi connectivity index (χ0) is 17.3. The van der Waals surface area contributed by atoms with Gasteiger partial charge in [-0.1, -0.05) is 17.7 Å². The highest BCUT2D eigenvalue weighted by molar-refractivity contribution is 7.92. The molecule has 0 fully saturated rings. The van der Waals surface area contributed by atoms with E-state index in [0.717, 1.165) is 24.3 Å². The van der Waals surface area contributed by atoms with Gasteiger partial charge in [-0.25, -0.2) is 12.6 Å². The smallest absolute Gasteiger partial charge is 0.280 e. The summed E-state index contributed by atoms with van der Waals surface area (Å²) in [6.07, 6.45) is 0. The molecular formula is C13H9ClF3NO3S2. The Morgan fingerprint density at radius 1 is 1.04 bits per heavy atom. The van der Waals surface area contributed by atoms with E-state index >= 15 is 0 Å². The van der Waals surface area contributed by atoms with Crippen LogP contribution in [0.1, 0.15) is 0 Å². The molecule has 2 rings (SSSR count). The van der Waals surface area contributed by atoms with Crippen molar-refractivity contribution < 1.29 is 25.8 Å². The van der Waals surface area contributed by atoms with E-state index in [-0.39, 0.29) is 15.6 Å². The second-order valence-corrected chi connectivity index (χ2v) is 7.89. The third-order valence-corrected chi connectivity index (χ3v) is 5.37. The molecule has 0 saturated carbocycles. The maximum atomic E-state index is 12.3. The predicted octanol–water partition coefficient (Wildman–Crippen LogP) is 3.77. The fraction of sp³-hybridized carbons (Fsp3) is 0.0769. The number of hydrogen-bond donors (Lipinski definition) is 1. The van der Waals surface area contributed by atoms with Crippen molar-refractivity contribution in [3.05, 3.63) is 53.6 Å². The molecule has 0 heterocycles. The molecule has 0 spiro atoms. The maximum Gasteiger partial charge on any atom is 0.475 e. The number of benzene rings is 2. The number of alkyl halides is 3. The first-order chi connectivity index (χ1) is 10.6. The van der Waals surface area contributed by atoms with Crippen molar-refractivity contribution in [3.8, 4) is 0 Å². The Morgan fingerprint density at radius 2 is 1.65 bits per heavy atom. The van der Waals surface area contributed by atoms with Gasteiger partial charge in [0.2, 0.25) is 0 Å². The van der Waals surface area contributed by atoms with Crippen LogP contribution in [-0.2, 0) is 20.8 Å². The minimum atomic E-state index is -4.87. The molecule has 23 heavy (non-hydrogen) atoms. The zero-order valence-electron chi connectivity index (χ0n) is 11.2. The number of nitrogens with one attached hydrogen (secondary N) is 1. The van der Waals surface area contributed by atoms with E-state index in [2.05, 4.69) is 4.72 Å². The Morgan fingerprint density at radius 3 is 2.17 bits per heavy atom. The summed E-state index contributed by atoms with van der Waals surface area (Å²) in [5.41, 5.74) is -4.84. The molecule has 1 unspecified atom stereocenters. The minimum Gasteiger partial charge on any atom is -0.280 e. The van der Waals surface area contributed by atoms with Gasteiger partial charge in [-0.3, -0.25) is 4.72 Å². The van der Waals surface area contributed by atoms with Gasteiger partial charge >= 0.3 is 5.51 Å². The quantitative estimate of drug-likeness (QED) is 0.874. The zero-order valence-corrected chi connectivity index (χ0v) is 13.6. The number of anilines is 1. The van der Waals surface area contributed by atoms with E-state index in [1.807, 2.05) is 0 Å². The topological polar surface area (TPSA) is 63.2 Å². The molecule has 0 amide bonds. The third-order valence-electron chi connectivity index (χ3n) is 2.64. The van der Waals surface area contributed by atoms with Gasteiger partial charge in [0, 0.05) is 15.6 Å². The Hall–Kier alpha value is -1.58. The van der Waals surface area contributed by atoms with E-state index in [9.17, 15) is 25.8 Å². The van der Waals surface area contributed by atoms with Crippen LogP contribution in [0.3, 0.4) is 0 Å². The normalized spacial score (nSPS) is 13.6. The highest BCUT2D eigenvalue weighted by Crippen LogP contribution is 2.27. The van der Waals surface area contributed by atoms with Gasteiger partial charge in [-0.15, -0.1) is 0 Å². The predicted molar refractivity (Wildman–Crippen MR) is 81.2 cm³/mol. The van der Waals surface area contributed by atoms with E-state index in [4.69, 9.17) is 11.6 Å². The molecule has 2 aromatic rings. The van der Waals surface area contributed by atoms with Gasteiger partial charge in [0.1, 0.15) is 0 Å². The average Bonchev–Trinajstić information content (AvgIpc) is 2.46. The van der Waals surface area contributed by atoms with Gasteiger partial charge in [0.05, 0.1) is 4.90 Å². The van der Waals surface area contributed by atoms with Crippen LogP contribution in [0, 0.1) is 0 Å². The highest BCUT2D eigenvalue weighted by Gasteiger charge is 2.37. The second kappa shape index (κ2) is 6.50. The molecule has 0 bridgehead atoms. The van der Waals surface area contributed by atoms with Crippen LogP contribution >= 0.6 is 11.6 Å². The van der Waals surface area contributed by atoms with Crippen molar-refractivity contribution in [3.63, 3.8) is 0 Å². The fourth-order valence-electron chi connectivity index (χ4n) is 1.63. The molecule has 2 aromatic carbocycles. The van der Waals surface area contributed by atoms with E-state index in [1.165, 1.54) is 24.3 Å². The fourth-order valence-corrected chi connectivity index (χ4v) is 3.64. The first-order valence-electron chi connectivity index (χ1n) is 5.97. The van der Waals surface area contributed by atoms with Crippen LogP contribution < -0.4 is 4.72 Å². The summed E-state index contributed by atoms with van der Waals surface area (Å²) in [5, 5.41) is 0.226. The SMILES string of the molecule is O=S(c1ccc(NS(=O)(=O)c2cccc(Cl)c2)cc1)C(F)(F)F. The molecular weight excluding hydrogens is 375 g/mol. The van der Waals surface area contributed by atoms with E-state index in [0.29, 0.717) is 0 Å². The van der Waals surface area contributed by atoms with Gasteiger partial charge in [0.25, 0.3) is 10.0 Å². The summed E-state index contributed by atoms with van der Waals surface area (Å²) in [6, 6.07) is 9.59. The summed E-state index contributed by atoms with van der Waals surface area (Å²) in [5.74, 6) is 0.